The lowest BCUT2D eigenvalue weighted by Gasteiger charge is -2.22. The van der Waals surface area contributed by atoms with E-state index in [4.69, 9.17) is 4.74 Å². The molecule has 1 aromatic rings. The van der Waals surface area contributed by atoms with Crippen molar-refractivity contribution in [2.75, 3.05) is 0 Å². The number of hydrogen-bond acceptors (Lipinski definition) is 7. The standard InChI is InChI=1S/C17H17N3O7/c1-8(17(24)27-9(2)14(21)18-10-6-7-10)19-15(22)11-4-3-5-12(20(25)26)13(11)16(19)23/h3-5,8-10H,6-7H2,1-2H3,(H,18,21). The quantitative estimate of drug-likeness (QED) is 0.336. The second-order valence-electron chi connectivity index (χ2n) is 6.48. The monoisotopic (exact) mass is 375 g/mol. The van der Waals surface area contributed by atoms with Crippen molar-refractivity contribution < 1.29 is 28.8 Å². The summed E-state index contributed by atoms with van der Waals surface area (Å²) in [7, 11) is 0. The molecule has 1 aromatic carbocycles. The molecular weight excluding hydrogens is 358 g/mol. The van der Waals surface area contributed by atoms with Gasteiger partial charge in [0.2, 0.25) is 0 Å². The maximum absolute atomic E-state index is 12.6. The molecule has 0 aromatic heterocycles. The molecule has 1 fully saturated rings. The number of rotatable bonds is 6. The molecular formula is C17H17N3O7. The van der Waals surface area contributed by atoms with Crippen LogP contribution in [0.5, 0.6) is 0 Å². The number of hydrogen-bond donors (Lipinski definition) is 1. The van der Waals surface area contributed by atoms with Crippen molar-refractivity contribution in [1.82, 2.24) is 10.2 Å². The van der Waals surface area contributed by atoms with Crippen molar-refractivity contribution in [3.8, 4) is 0 Å². The Labute approximate surface area is 153 Å². The number of ether oxygens (including phenoxy) is 1. The summed E-state index contributed by atoms with van der Waals surface area (Å²) in [6.07, 6.45) is 0.651. The fourth-order valence-corrected chi connectivity index (χ4v) is 2.77. The second-order valence-corrected chi connectivity index (χ2v) is 6.48. The van der Waals surface area contributed by atoms with Crippen molar-refractivity contribution in [1.29, 1.82) is 0 Å². The van der Waals surface area contributed by atoms with E-state index >= 15 is 0 Å². The molecule has 1 N–H and O–H groups in total. The number of imide groups is 1. The summed E-state index contributed by atoms with van der Waals surface area (Å²) in [4.78, 5) is 60.3. The maximum Gasteiger partial charge on any atom is 0.329 e. The highest BCUT2D eigenvalue weighted by atomic mass is 16.6. The minimum atomic E-state index is -1.34. The van der Waals surface area contributed by atoms with E-state index in [0.717, 1.165) is 18.9 Å². The van der Waals surface area contributed by atoms with Gasteiger partial charge in [-0.15, -0.1) is 0 Å². The van der Waals surface area contributed by atoms with E-state index < -0.39 is 46.4 Å². The number of nitrogens with one attached hydrogen (secondary N) is 1. The Morgan fingerprint density at radius 3 is 2.52 bits per heavy atom. The van der Waals surface area contributed by atoms with E-state index in [2.05, 4.69) is 5.32 Å². The summed E-state index contributed by atoms with van der Waals surface area (Å²) in [6.45, 7) is 2.65. The third kappa shape index (κ3) is 3.37. The summed E-state index contributed by atoms with van der Waals surface area (Å²) >= 11 is 0. The molecule has 2 unspecified atom stereocenters. The van der Waals surface area contributed by atoms with Gasteiger partial charge in [-0.05, 0) is 32.8 Å². The normalized spacial score (nSPS) is 17.9. The third-order valence-corrected chi connectivity index (χ3v) is 4.44. The maximum atomic E-state index is 12.6. The van der Waals surface area contributed by atoms with Crippen LogP contribution in [0.25, 0.3) is 0 Å². The van der Waals surface area contributed by atoms with E-state index in [9.17, 15) is 29.3 Å². The number of nitrogens with zero attached hydrogens (tertiary/aromatic N) is 2. The van der Waals surface area contributed by atoms with Gasteiger partial charge in [-0.1, -0.05) is 6.07 Å². The number of nitro benzene ring substituents is 1. The van der Waals surface area contributed by atoms with Crippen LogP contribution in [0.2, 0.25) is 0 Å². The van der Waals surface area contributed by atoms with E-state index in [0.29, 0.717) is 4.90 Å². The van der Waals surface area contributed by atoms with Gasteiger partial charge in [0.1, 0.15) is 11.6 Å². The molecule has 3 amide bonds. The minimum Gasteiger partial charge on any atom is -0.451 e. The Balaban J connectivity index is 1.75. The van der Waals surface area contributed by atoms with Crippen LogP contribution < -0.4 is 5.32 Å². The number of nitro groups is 1. The number of amides is 3. The Morgan fingerprint density at radius 1 is 1.26 bits per heavy atom. The molecule has 1 aliphatic heterocycles. The molecule has 2 aliphatic rings. The highest BCUT2D eigenvalue weighted by Gasteiger charge is 2.45. The van der Waals surface area contributed by atoms with Gasteiger partial charge in [-0.2, -0.15) is 0 Å². The number of esters is 1. The van der Waals surface area contributed by atoms with Crippen LogP contribution in [-0.2, 0) is 14.3 Å². The lowest BCUT2D eigenvalue weighted by Crippen LogP contribution is -2.46. The Bertz CT molecular complexity index is 862. The summed E-state index contributed by atoms with van der Waals surface area (Å²) < 4.78 is 5.06. The first-order chi connectivity index (χ1) is 12.7. The van der Waals surface area contributed by atoms with Crippen LogP contribution in [0.4, 0.5) is 5.69 Å². The number of benzene rings is 1. The first kappa shape index (κ1) is 18.5. The molecule has 142 valence electrons. The molecule has 0 spiro atoms. The second kappa shape index (κ2) is 6.78. The van der Waals surface area contributed by atoms with E-state index in [1.165, 1.54) is 26.0 Å². The molecule has 0 saturated heterocycles. The first-order valence-corrected chi connectivity index (χ1v) is 8.38. The number of carbonyl (C=O) groups excluding carboxylic acids is 4. The van der Waals surface area contributed by atoms with Crippen LogP contribution >= 0.6 is 0 Å². The van der Waals surface area contributed by atoms with Crippen molar-refractivity contribution in [2.24, 2.45) is 0 Å². The fourth-order valence-electron chi connectivity index (χ4n) is 2.77. The summed E-state index contributed by atoms with van der Waals surface area (Å²) in [5.74, 6) is -3.18. The predicted molar refractivity (Wildman–Crippen MR) is 89.8 cm³/mol. The van der Waals surface area contributed by atoms with Crippen molar-refractivity contribution >= 4 is 29.4 Å². The zero-order valence-corrected chi connectivity index (χ0v) is 14.6. The first-order valence-electron chi connectivity index (χ1n) is 8.38. The summed E-state index contributed by atoms with van der Waals surface area (Å²) in [5.41, 5.74) is -1.01. The van der Waals surface area contributed by atoms with Crippen molar-refractivity contribution in [2.45, 2.75) is 44.9 Å². The smallest absolute Gasteiger partial charge is 0.329 e. The van der Waals surface area contributed by atoms with Gasteiger partial charge in [0.25, 0.3) is 23.4 Å². The molecule has 1 aliphatic carbocycles. The van der Waals surface area contributed by atoms with Gasteiger partial charge in [-0.3, -0.25) is 29.4 Å². The molecule has 0 bridgehead atoms. The van der Waals surface area contributed by atoms with Gasteiger partial charge in [0.15, 0.2) is 6.10 Å². The van der Waals surface area contributed by atoms with Gasteiger partial charge in [0.05, 0.1) is 10.5 Å². The topological polar surface area (TPSA) is 136 Å². The molecule has 1 heterocycles. The minimum absolute atomic E-state index is 0.0906. The van der Waals surface area contributed by atoms with Crippen LogP contribution in [0.1, 0.15) is 47.4 Å². The molecule has 0 radical (unpaired) electrons. The summed E-state index contributed by atoms with van der Waals surface area (Å²) in [6, 6.07) is 2.44. The van der Waals surface area contributed by atoms with Crippen LogP contribution in [-0.4, -0.2) is 51.7 Å². The van der Waals surface area contributed by atoms with E-state index in [1.807, 2.05) is 0 Å². The molecule has 2 atom stereocenters. The van der Waals surface area contributed by atoms with E-state index in [1.54, 1.807) is 0 Å². The van der Waals surface area contributed by atoms with E-state index in [-0.39, 0.29) is 17.2 Å². The van der Waals surface area contributed by atoms with Crippen LogP contribution in [0.3, 0.4) is 0 Å². The molecule has 1 saturated carbocycles. The van der Waals surface area contributed by atoms with Gasteiger partial charge in [-0.25, -0.2) is 4.79 Å². The summed E-state index contributed by atoms with van der Waals surface area (Å²) in [5, 5.41) is 13.8. The number of carbonyl (C=O) groups is 4. The van der Waals surface area contributed by atoms with Gasteiger partial charge in [0, 0.05) is 12.1 Å². The molecule has 10 nitrogen and oxygen atoms in total. The highest BCUT2D eigenvalue weighted by Crippen LogP contribution is 2.32. The largest absolute Gasteiger partial charge is 0.451 e. The Kier molecular flexibility index (Phi) is 4.64. The SMILES string of the molecule is CC(OC(=O)C(C)N1C(=O)c2cccc([N+](=O)[O-])c2C1=O)C(=O)NC1CC1. The molecule has 27 heavy (non-hydrogen) atoms. The lowest BCUT2D eigenvalue weighted by molar-refractivity contribution is -0.385. The molecule has 3 rings (SSSR count). The number of fused-ring (bicyclic) bond motifs is 1. The zero-order valence-electron chi connectivity index (χ0n) is 14.6. The average molecular weight is 375 g/mol. The van der Waals surface area contributed by atoms with Gasteiger partial charge < -0.3 is 10.1 Å². The Hall–Kier alpha value is -3.30. The Morgan fingerprint density at radius 2 is 1.93 bits per heavy atom. The lowest BCUT2D eigenvalue weighted by atomic mass is 10.1. The van der Waals surface area contributed by atoms with Crippen molar-refractivity contribution in [3.05, 3.63) is 39.4 Å². The van der Waals surface area contributed by atoms with Crippen LogP contribution in [0.15, 0.2) is 18.2 Å². The highest BCUT2D eigenvalue weighted by molar-refractivity contribution is 6.24. The fraction of sp³-hybridized carbons (Fsp3) is 0.412. The van der Waals surface area contributed by atoms with Crippen molar-refractivity contribution in [3.63, 3.8) is 0 Å². The zero-order chi connectivity index (χ0) is 19.9. The average Bonchev–Trinajstić information content (AvgIpc) is 3.40. The third-order valence-electron chi connectivity index (χ3n) is 4.44. The molecule has 10 heteroatoms. The predicted octanol–water partition coefficient (Wildman–Crippen LogP) is 0.790. The van der Waals surface area contributed by atoms with Crippen LogP contribution in [0, 0.1) is 10.1 Å². The van der Waals surface area contributed by atoms with Gasteiger partial charge >= 0.3 is 5.97 Å².